The number of benzene rings is 1. The van der Waals surface area contributed by atoms with E-state index in [-0.39, 0.29) is 0 Å². The van der Waals surface area contributed by atoms with Crippen LogP contribution in [0.25, 0.3) is 0 Å². The summed E-state index contributed by atoms with van der Waals surface area (Å²) < 4.78 is 1.18. The molecule has 1 atom stereocenters. The van der Waals surface area contributed by atoms with E-state index < -0.39 is 0 Å². The van der Waals surface area contributed by atoms with Gasteiger partial charge < -0.3 is 5.32 Å². The van der Waals surface area contributed by atoms with Gasteiger partial charge in [0.25, 0.3) is 0 Å². The lowest BCUT2D eigenvalue weighted by Crippen LogP contribution is -2.04. The van der Waals surface area contributed by atoms with E-state index in [4.69, 9.17) is 0 Å². The van der Waals surface area contributed by atoms with E-state index in [1.165, 1.54) is 19.9 Å². The van der Waals surface area contributed by atoms with Gasteiger partial charge in [0.1, 0.15) is 0 Å². The molecular formula is C15H18BrNS. The van der Waals surface area contributed by atoms with Crippen molar-refractivity contribution in [3.05, 3.63) is 50.6 Å². The monoisotopic (exact) mass is 323 g/mol. The molecule has 2 aromatic rings. The van der Waals surface area contributed by atoms with Crippen LogP contribution in [0.5, 0.6) is 0 Å². The quantitative estimate of drug-likeness (QED) is 0.748. The lowest BCUT2D eigenvalue weighted by Gasteiger charge is -2.14. The molecular weight excluding hydrogens is 306 g/mol. The molecule has 1 heterocycles. The molecule has 18 heavy (non-hydrogen) atoms. The number of hydrogen-bond donors (Lipinski definition) is 1. The maximum Gasteiger partial charge on any atom is 0.0702 e. The van der Waals surface area contributed by atoms with Crippen LogP contribution in [-0.4, -0.2) is 0 Å². The molecule has 2 rings (SSSR count). The third-order valence-electron chi connectivity index (χ3n) is 2.98. The second-order valence-electron chi connectivity index (χ2n) is 4.78. The van der Waals surface area contributed by atoms with Gasteiger partial charge in [0, 0.05) is 10.6 Å². The molecule has 3 heteroatoms. The molecule has 0 spiro atoms. The highest BCUT2D eigenvalue weighted by Crippen LogP contribution is 2.29. The van der Waals surface area contributed by atoms with Gasteiger partial charge in [-0.25, -0.2) is 0 Å². The van der Waals surface area contributed by atoms with Crippen molar-refractivity contribution in [1.29, 1.82) is 0 Å². The summed E-state index contributed by atoms with van der Waals surface area (Å²) in [6.45, 7) is 6.62. The number of nitrogens with one attached hydrogen (secondary N) is 1. The van der Waals surface area contributed by atoms with Crippen molar-refractivity contribution in [2.24, 2.45) is 0 Å². The van der Waals surface area contributed by atoms with Crippen LogP contribution in [0.2, 0.25) is 0 Å². The number of rotatable bonds is 4. The summed E-state index contributed by atoms with van der Waals surface area (Å²) >= 11 is 5.28. The molecule has 1 N–H and O–H groups in total. The van der Waals surface area contributed by atoms with Crippen molar-refractivity contribution in [3.63, 3.8) is 0 Å². The first-order valence-electron chi connectivity index (χ1n) is 6.18. The van der Waals surface area contributed by atoms with Crippen LogP contribution in [0.1, 0.15) is 43.2 Å². The highest BCUT2D eigenvalue weighted by atomic mass is 79.9. The summed E-state index contributed by atoms with van der Waals surface area (Å²) in [6.07, 6.45) is 0. The number of halogens is 1. The molecule has 1 aromatic heterocycles. The minimum atomic E-state index is 0.339. The maximum absolute atomic E-state index is 3.53. The summed E-state index contributed by atoms with van der Waals surface area (Å²) in [4.78, 5) is 1.34. The van der Waals surface area contributed by atoms with Gasteiger partial charge in [-0.2, -0.15) is 0 Å². The molecule has 0 fully saturated rings. The van der Waals surface area contributed by atoms with Crippen molar-refractivity contribution in [2.75, 3.05) is 5.32 Å². The molecule has 0 amide bonds. The SMILES string of the molecule is CC(C)c1ccc(NC(C)c2ccc(Br)s2)cc1. The number of anilines is 1. The predicted octanol–water partition coefficient (Wildman–Crippen LogP) is 5.81. The molecule has 1 nitrogen and oxygen atoms in total. The summed E-state index contributed by atoms with van der Waals surface area (Å²) in [5, 5.41) is 3.53. The molecule has 0 saturated carbocycles. The van der Waals surface area contributed by atoms with Gasteiger partial charge in [0.2, 0.25) is 0 Å². The summed E-state index contributed by atoms with van der Waals surface area (Å²) in [5.41, 5.74) is 2.56. The van der Waals surface area contributed by atoms with Crippen LogP contribution in [0.3, 0.4) is 0 Å². The van der Waals surface area contributed by atoms with E-state index in [1.807, 2.05) is 0 Å². The third-order valence-corrected chi connectivity index (χ3v) is 4.79. The first kappa shape index (κ1) is 13.6. The van der Waals surface area contributed by atoms with Gasteiger partial charge >= 0.3 is 0 Å². The van der Waals surface area contributed by atoms with Crippen LogP contribution < -0.4 is 5.32 Å². The van der Waals surface area contributed by atoms with Gasteiger partial charge in [-0.05, 0) is 58.6 Å². The average Bonchev–Trinajstić information content (AvgIpc) is 2.76. The highest BCUT2D eigenvalue weighted by Gasteiger charge is 2.08. The first-order chi connectivity index (χ1) is 8.56. The zero-order valence-corrected chi connectivity index (χ0v) is 13.3. The number of hydrogen-bond acceptors (Lipinski definition) is 2. The van der Waals surface area contributed by atoms with E-state index in [0.717, 1.165) is 0 Å². The second-order valence-corrected chi connectivity index (χ2v) is 7.28. The summed E-state index contributed by atoms with van der Waals surface area (Å²) in [7, 11) is 0. The Balaban J connectivity index is 2.05. The lowest BCUT2D eigenvalue weighted by molar-refractivity contribution is 0.864. The van der Waals surface area contributed by atoms with E-state index in [9.17, 15) is 0 Å². The molecule has 96 valence electrons. The van der Waals surface area contributed by atoms with Crippen molar-refractivity contribution < 1.29 is 0 Å². The predicted molar refractivity (Wildman–Crippen MR) is 84.6 cm³/mol. The van der Waals surface area contributed by atoms with Gasteiger partial charge in [-0.15, -0.1) is 11.3 Å². The van der Waals surface area contributed by atoms with Gasteiger partial charge in [-0.1, -0.05) is 26.0 Å². The average molecular weight is 324 g/mol. The second kappa shape index (κ2) is 5.89. The maximum atomic E-state index is 3.53. The van der Waals surface area contributed by atoms with Crippen LogP contribution in [0.15, 0.2) is 40.2 Å². The Morgan fingerprint density at radius 3 is 2.17 bits per heavy atom. The Labute approximate surface area is 121 Å². The minimum Gasteiger partial charge on any atom is -0.378 e. The molecule has 0 saturated heterocycles. The van der Waals surface area contributed by atoms with Gasteiger partial charge in [0.05, 0.1) is 9.83 Å². The van der Waals surface area contributed by atoms with E-state index in [2.05, 4.69) is 78.4 Å². The fourth-order valence-electron chi connectivity index (χ4n) is 1.85. The molecule has 1 aromatic carbocycles. The van der Waals surface area contributed by atoms with Crippen molar-refractivity contribution in [3.8, 4) is 0 Å². The molecule has 0 radical (unpaired) electrons. The Kier molecular flexibility index (Phi) is 4.46. The molecule has 0 aliphatic carbocycles. The fourth-order valence-corrected chi connectivity index (χ4v) is 3.27. The number of thiophene rings is 1. The van der Waals surface area contributed by atoms with Gasteiger partial charge in [0.15, 0.2) is 0 Å². The molecule has 1 unspecified atom stereocenters. The largest absolute Gasteiger partial charge is 0.378 e. The minimum absolute atomic E-state index is 0.339. The van der Waals surface area contributed by atoms with Gasteiger partial charge in [-0.3, -0.25) is 0 Å². The third kappa shape index (κ3) is 3.36. The molecule has 0 bridgehead atoms. The summed E-state index contributed by atoms with van der Waals surface area (Å²) in [5.74, 6) is 0.588. The molecule has 0 aliphatic rings. The smallest absolute Gasteiger partial charge is 0.0702 e. The highest BCUT2D eigenvalue weighted by molar-refractivity contribution is 9.11. The van der Waals surface area contributed by atoms with E-state index in [0.29, 0.717) is 12.0 Å². The van der Waals surface area contributed by atoms with Crippen molar-refractivity contribution in [2.45, 2.75) is 32.7 Å². The Bertz CT molecular complexity index is 501. The van der Waals surface area contributed by atoms with Crippen LogP contribution in [0, 0.1) is 0 Å². The van der Waals surface area contributed by atoms with Crippen LogP contribution >= 0.6 is 27.3 Å². The zero-order valence-electron chi connectivity index (χ0n) is 10.9. The summed E-state index contributed by atoms with van der Waals surface area (Å²) in [6, 6.07) is 13.3. The zero-order chi connectivity index (χ0) is 13.1. The fraction of sp³-hybridized carbons (Fsp3) is 0.333. The Hall–Kier alpha value is -0.800. The Morgan fingerprint density at radius 1 is 1.00 bits per heavy atom. The van der Waals surface area contributed by atoms with Crippen molar-refractivity contribution in [1.82, 2.24) is 0 Å². The lowest BCUT2D eigenvalue weighted by atomic mass is 10.0. The molecule has 0 aliphatic heterocycles. The first-order valence-corrected chi connectivity index (χ1v) is 7.79. The Morgan fingerprint density at radius 2 is 1.67 bits per heavy atom. The van der Waals surface area contributed by atoms with E-state index in [1.54, 1.807) is 11.3 Å². The normalized spacial score (nSPS) is 12.7. The van der Waals surface area contributed by atoms with Crippen LogP contribution in [0.4, 0.5) is 5.69 Å². The standard InChI is InChI=1S/C15H18BrNS/c1-10(2)12-4-6-13(7-5-12)17-11(3)14-8-9-15(16)18-14/h4-11,17H,1-3H3. The topological polar surface area (TPSA) is 12.0 Å². The van der Waals surface area contributed by atoms with Crippen LogP contribution in [-0.2, 0) is 0 Å². The van der Waals surface area contributed by atoms with E-state index >= 15 is 0 Å². The van der Waals surface area contributed by atoms with Crippen molar-refractivity contribution >= 4 is 33.0 Å².